The van der Waals surface area contributed by atoms with E-state index in [4.69, 9.17) is 0 Å². The molecule has 0 aliphatic carbocycles. The Balaban J connectivity index is 0. The van der Waals surface area contributed by atoms with Gasteiger partial charge in [-0.3, -0.25) is 0 Å². The first-order valence-electron chi connectivity index (χ1n) is 4.71. The van der Waals surface area contributed by atoms with E-state index in [-0.39, 0.29) is 0 Å². The Morgan fingerprint density at radius 1 is 1.33 bits per heavy atom. The second-order valence-corrected chi connectivity index (χ2v) is 2.25. The van der Waals surface area contributed by atoms with E-state index < -0.39 is 0 Å². The average molecular weight is 166 g/mol. The largest absolute Gasteiger partial charge is 0.0991 e. The summed E-state index contributed by atoms with van der Waals surface area (Å²) < 4.78 is 0. The maximum Gasteiger partial charge on any atom is -0.0305 e. The Hall–Kier alpha value is -0.780. The Kier molecular flexibility index (Phi) is 11.7. The smallest absolute Gasteiger partial charge is 0.0305 e. The minimum atomic E-state index is 1.09. The summed E-state index contributed by atoms with van der Waals surface area (Å²) in [7, 11) is 0. The molecule has 0 N–H and O–H groups in total. The maximum absolute atomic E-state index is 3.66. The van der Waals surface area contributed by atoms with Crippen LogP contribution in [0.5, 0.6) is 0 Å². The summed E-state index contributed by atoms with van der Waals surface area (Å²) in [6.07, 6.45) is 7.11. The Morgan fingerprint density at radius 2 is 1.83 bits per heavy atom. The number of hydrogen-bond acceptors (Lipinski definition) is 0. The van der Waals surface area contributed by atoms with Crippen molar-refractivity contribution >= 4 is 0 Å². The standard InChI is InChI=1S/C10H16.C2H6/c1-5-8-10(7-3)9(4)6-2;1-2/h5-6,8H,1,7H2,2-4H3;1-2H3/b9-6-,10-8+;. The molecular weight excluding hydrogens is 144 g/mol. The molecule has 12 heavy (non-hydrogen) atoms. The van der Waals surface area contributed by atoms with Gasteiger partial charge in [0.1, 0.15) is 0 Å². The highest BCUT2D eigenvalue weighted by atomic mass is 14.0. The molecule has 0 fully saturated rings. The fourth-order valence-corrected chi connectivity index (χ4v) is 0.856. The molecule has 0 heterocycles. The van der Waals surface area contributed by atoms with Crippen LogP contribution in [0.15, 0.2) is 36.0 Å². The lowest BCUT2D eigenvalue weighted by Gasteiger charge is -2.01. The molecule has 0 unspecified atom stereocenters. The normalized spacial score (nSPS) is 11.8. The fourth-order valence-electron chi connectivity index (χ4n) is 0.856. The summed E-state index contributed by atoms with van der Waals surface area (Å²) in [5, 5.41) is 0. The molecule has 0 heteroatoms. The molecule has 0 saturated heterocycles. The van der Waals surface area contributed by atoms with Crippen LogP contribution in [0.4, 0.5) is 0 Å². The van der Waals surface area contributed by atoms with Crippen LogP contribution in [0, 0.1) is 0 Å². The number of hydrogen-bond donors (Lipinski definition) is 0. The molecule has 0 spiro atoms. The number of rotatable bonds is 3. The molecule has 0 rings (SSSR count). The summed E-state index contributed by atoms with van der Waals surface area (Å²) in [5.41, 5.74) is 2.72. The van der Waals surface area contributed by atoms with E-state index in [0.717, 1.165) is 6.42 Å². The molecule has 0 aromatic rings. The van der Waals surface area contributed by atoms with Crippen molar-refractivity contribution in [2.75, 3.05) is 0 Å². The molecule has 0 saturated carbocycles. The lowest BCUT2D eigenvalue weighted by molar-refractivity contribution is 1.10. The topological polar surface area (TPSA) is 0 Å². The van der Waals surface area contributed by atoms with Crippen LogP contribution in [-0.2, 0) is 0 Å². The van der Waals surface area contributed by atoms with Crippen LogP contribution >= 0.6 is 0 Å². The molecule has 0 amide bonds. The van der Waals surface area contributed by atoms with E-state index in [2.05, 4.69) is 39.5 Å². The summed E-state index contributed by atoms with van der Waals surface area (Å²) in [5.74, 6) is 0. The molecule has 0 radical (unpaired) electrons. The van der Waals surface area contributed by atoms with Gasteiger partial charge in [0.25, 0.3) is 0 Å². The van der Waals surface area contributed by atoms with Crippen molar-refractivity contribution in [2.24, 2.45) is 0 Å². The van der Waals surface area contributed by atoms with Gasteiger partial charge in [0, 0.05) is 0 Å². The zero-order valence-corrected chi connectivity index (χ0v) is 9.15. The Bertz CT molecular complexity index is 159. The summed E-state index contributed by atoms with van der Waals surface area (Å²) in [4.78, 5) is 0. The second-order valence-electron chi connectivity index (χ2n) is 2.25. The third kappa shape index (κ3) is 5.96. The monoisotopic (exact) mass is 166 g/mol. The van der Waals surface area contributed by atoms with E-state index in [1.807, 2.05) is 19.9 Å². The zero-order chi connectivity index (χ0) is 9.98. The number of allylic oxidation sites excluding steroid dienone is 5. The van der Waals surface area contributed by atoms with E-state index in [9.17, 15) is 0 Å². The van der Waals surface area contributed by atoms with Crippen molar-refractivity contribution in [1.82, 2.24) is 0 Å². The van der Waals surface area contributed by atoms with E-state index in [1.165, 1.54) is 11.1 Å². The fraction of sp³-hybridized carbons (Fsp3) is 0.500. The van der Waals surface area contributed by atoms with E-state index in [0.29, 0.717) is 0 Å². The van der Waals surface area contributed by atoms with Gasteiger partial charge in [-0.2, -0.15) is 0 Å². The van der Waals surface area contributed by atoms with Crippen LogP contribution < -0.4 is 0 Å². The van der Waals surface area contributed by atoms with Crippen LogP contribution in [-0.4, -0.2) is 0 Å². The van der Waals surface area contributed by atoms with Gasteiger partial charge in [0.15, 0.2) is 0 Å². The minimum Gasteiger partial charge on any atom is -0.0991 e. The second kappa shape index (κ2) is 10.2. The molecule has 0 aliphatic heterocycles. The van der Waals surface area contributed by atoms with E-state index in [1.54, 1.807) is 0 Å². The Labute approximate surface area is 77.7 Å². The molecule has 0 aliphatic rings. The molecule has 0 bridgehead atoms. The van der Waals surface area contributed by atoms with Gasteiger partial charge in [-0.1, -0.05) is 51.2 Å². The lowest BCUT2D eigenvalue weighted by atomic mass is 10.1. The first kappa shape index (κ1) is 13.8. The molecule has 0 atom stereocenters. The molecule has 0 aromatic carbocycles. The first-order chi connectivity index (χ1) is 5.76. The summed E-state index contributed by atoms with van der Waals surface area (Å²) in [6, 6.07) is 0. The van der Waals surface area contributed by atoms with Crippen molar-refractivity contribution in [1.29, 1.82) is 0 Å². The molecule has 0 aromatic heterocycles. The predicted octanol–water partition coefficient (Wildman–Crippen LogP) is 4.50. The van der Waals surface area contributed by atoms with Crippen LogP contribution in [0.3, 0.4) is 0 Å². The SMILES string of the molecule is C=C/C=C(CC)/C(C)=C\C.CC. The van der Waals surface area contributed by atoms with Gasteiger partial charge in [-0.25, -0.2) is 0 Å². The van der Waals surface area contributed by atoms with E-state index >= 15 is 0 Å². The van der Waals surface area contributed by atoms with Gasteiger partial charge >= 0.3 is 0 Å². The van der Waals surface area contributed by atoms with Crippen LogP contribution in [0.1, 0.15) is 41.0 Å². The predicted molar refractivity (Wildman–Crippen MR) is 59.4 cm³/mol. The van der Waals surface area contributed by atoms with Gasteiger partial charge < -0.3 is 0 Å². The van der Waals surface area contributed by atoms with Gasteiger partial charge in [0.05, 0.1) is 0 Å². The highest BCUT2D eigenvalue weighted by Crippen LogP contribution is 2.12. The van der Waals surface area contributed by atoms with Gasteiger partial charge in [-0.15, -0.1) is 0 Å². The third-order valence-electron chi connectivity index (χ3n) is 1.64. The first-order valence-corrected chi connectivity index (χ1v) is 4.71. The van der Waals surface area contributed by atoms with Crippen molar-refractivity contribution in [3.63, 3.8) is 0 Å². The highest BCUT2D eigenvalue weighted by Gasteiger charge is 1.91. The average Bonchev–Trinajstić information content (AvgIpc) is 2.16. The quantitative estimate of drug-likeness (QED) is 0.541. The lowest BCUT2D eigenvalue weighted by Crippen LogP contribution is -1.81. The van der Waals surface area contributed by atoms with Crippen molar-refractivity contribution in [3.8, 4) is 0 Å². The van der Waals surface area contributed by atoms with Crippen LogP contribution in [0.25, 0.3) is 0 Å². The van der Waals surface area contributed by atoms with Crippen molar-refractivity contribution in [3.05, 3.63) is 36.0 Å². The third-order valence-corrected chi connectivity index (χ3v) is 1.64. The maximum atomic E-state index is 3.66. The van der Waals surface area contributed by atoms with Gasteiger partial charge in [-0.05, 0) is 25.8 Å². The van der Waals surface area contributed by atoms with Crippen LogP contribution in [0.2, 0.25) is 0 Å². The zero-order valence-electron chi connectivity index (χ0n) is 9.15. The summed E-state index contributed by atoms with van der Waals surface area (Å²) >= 11 is 0. The highest BCUT2D eigenvalue weighted by molar-refractivity contribution is 5.30. The van der Waals surface area contributed by atoms with Crippen molar-refractivity contribution < 1.29 is 0 Å². The molecular formula is C12H22. The molecule has 0 nitrogen and oxygen atoms in total. The summed E-state index contributed by atoms with van der Waals surface area (Å²) in [6.45, 7) is 14.0. The van der Waals surface area contributed by atoms with Gasteiger partial charge in [0.2, 0.25) is 0 Å². The Morgan fingerprint density at radius 3 is 2.08 bits per heavy atom. The van der Waals surface area contributed by atoms with Crippen molar-refractivity contribution in [2.45, 2.75) is 41.0 Å². The minimum absolute atomic E-state index is 1.09. The molecule has 70 valence electrons.